The van der Waals surface area contributed by atoms with E-state index in [1.807, 2.05) is 6.07 Å². The number of fused-ring (bicyclic) bond motifs is 1. The van der Waals surface area contributed by atoms with Gasteiger partial charge in [0.05, 0.1) is 10.9 Å². The summed E-state index contributed by atoms with van der Waals surface area (Å²) in [6, 6.07) is 5.30. The molecular formula is C14H17N3O. The van der Waals surface area contributed by atoms with E-state index in [1.54, 1.807) is 12.1 Å². The fraction of sp³-hybridized carbons (Fsp3) is 0.429. The van der Waals surface area contributed by atoms with Gasteiger partial charge in [-0.25, -0.2) is 4.98 Å². The fourth-order valence-electron chi connectivity index (χ4n) is 2.74. The quantitative estimate of drug-likeness (QED) is 0.756. The minimum atomic E-state index is -0.0760. The normalized spacial score (nSPS) is 17.1. The van der Waals surface area contributed by atoms with Crippen LogP contribution in [0, 0.1) is 0 Å². The second kappa shape index (κ2) is 4.44. The Bertz CT molecular complexity index is 626. The molecule has 2 aromatic rings. The summed E-state index contributed by atoms with van der Waals surface area (Å²) < 4.78 is 0. The minimum Gasteiger partial charge on any atom is -0.399 e. The Balaban J connectivity index is 2.09. The van der Waals surface area contributed by atoms with Crippen LogP contribution in [0.1, 0.15) is 43.8 Å². The summed E-state index contributed by atoms with van der Waals surface area (Å²) in [5.41, 5.74) is 6.96. The SMILES string of the molecule is Nc1ccc2nc(C3CCCCC3)[nH]c(=O)c2c1. The molecule has 0 unspecified atom stereocenters. The first-order valence-electron chi connectivity index (χ1n) is 6.53. The van der Waals surface area contributed by atoms with Gasteiger partial charge in [0, 0.05) is 11.6 Å². The molecule has 1 fully saturated rings. The van der Waals surface area contributed by atoms with Crippen LogP contribution in [0.4, 0.5) is 5.69 Å². The van der Waals surface area contributed by atoms with Crippen molar-refractivity contribution in [3.05, 3.63) is 34.4 Å². The maximum atomic E-state index is 12.0. The van der Waals surface area contributed by atoms with Gasteiger partial charge >= 0.3 is 0 Å². The molecule has 94 valence electrons. The van der Waals surface area contributed by atoms with E-state index in [2.05, 4.69) is 9.97 Å². The largest absolute Gasteiger partial charge is 0.399 e. The summed E-state index contributed by atoms with van der Waals surface area (Å²) in [4.78, 5) is 19.6. The molecule has 0 saturated heterocycles. The average Bonchev–Trinajstić information content (AvgIpc) is 2.40. The zero-order valence-corrected chi connectivity index (χ0v) is 10.3. The topological polar surface area (TPSA) is 71.8 Å². The standard InChI is InChI=1S/C14H17N3O/c15-10-6-7-12-11(8-10)14(18)17-13(16-12)9-4-2-1-3-5-9/h6-9H,1-5,15H2,(H,16,17,18). The van der Waals surface area contributed by atoms with Gasteiger partial charge in [-0.3, -0.25) is 4.79 Å². The summed E-state index contributed by atoms with van der Waals surface area (Å²) in [7, 11) is 0. The van der Waals surface area contributed by atoms with Gasteiger partial charge in [-0.1, -0.05) is 19.3 Å². The zero-order chi connectivity index (χ0) is 12.5. The zero-order valence-electron chi connectivity index (χ0n) is 10.3. The first-order chi connectivity index (χ1) is 8.74. The smallest absolute Gasteiger partial charge is 0.258 e. The number of nitrogens with one attached hydrogen (secondary N) is 1. The number of nitrogen functional groups attached to an aromatic ring is 1. The van der Waals surface area contributed by atoms with E-state index in [4.69, 9.17) is 5.73 Å². The predicted octanol–water partition coefficient (Wildman–Crippen LogP) is 2.55. The molecule has 1 aliphatic carbocycles. The van der Waals surface area contributed by atoms with Crippen LogP contribution in [0.25, 0.3) is 10.9 Å². The maximum absolute atomic E-state index is 12.0. The number of aromatic amines is 1. The molecule has 4 nitrogen and oxygen atoms in total. The van der Waals surface area contributed by atoms with Crippen molar-refractivity contribution in [2.75, 3.05) is 5.73 Å². The molecule has 1 heterocycles. The number of aromatic nitrogens is 2. The second-order valence-corrected chi connectivity index (χ2v) is 5.06. The van der Waals surface area contributed by atoms with E-state index < -0.39 is 0 Å². The van der Waals surface area contributed by atoms with Gasteiger partial charge in [0.25, 0.3) is 5.56 Å². The number of benzene rings is 1. The summed E-state index contributed by atoms with van der Waals surface area (Å²) in [5.74, 6) is 1.25. The van der Waals surface area contributed by atoms with Crippen molar-refractivity contribution < 1.29 is 0 Å². The van der Waals surface area contributed by atoms with E-state index in [9.17, 15) is 4.79 Å². The maximum Gasteiger partial charge on any atom is 0.258 e. The molecule has 3 rings (SSSR count). The number of anilines is 1. The van der Waals surface area contributed by atoms with Gasteiger partial charge in [0.2, 0.25) is 0 Å². The van der Waals surface area contributed by atoms with Crippen molar-refractivity contribution >= 4 is 16.6 Å². The van der Waals surface area contributed by atoms with Crippen LogP contribution in [0.15, 0.2) is 23.0 Å². The van der Waals surface area contributed by atoms with E-state index >= 15 is 0 Å². The van der Waals surface area contributed by atoms with Gasteiger partial charge in [-0.2, -0.15) is 0 Å². The van der Waals surface area contributed by atoms with Crippen molar-refractivity contribution in [2.24, 2.45) is 0 Å². The molecule has 1 aromatic heterocycles. The van der Waals surface area contributed by atoms with Crippen molar-refractivity contribution in [1.29, 1.82) is 0 Å². The molecule has 0 radical (unpaired) electrons. The summed E-state index contributed by atoms with van der Waals surface area (Å²) in [5, 5.41) is 0.578. The molecule has 1 aliphatic rings. The highest BCUT2D eigenvalue weighted by atomic mass is 16.1. The van der Waals surface area contributed by atoms with Gasteiger partial charge in [-0.15, -0.1) is 0 Å². The van der Waals surface area contributed by atoms with E-state index in [0.29, 0.717) is 17.0 Å². The molecule has 0 atom stereocenters. The highest BCUT2D eigenvalue weighted by molar-refractivity contribution is 5.80. The Morgan fingerprint density at radius 2 is 2.00 bits per heavy atom. The van der Waals surface area contributed by atoms with Gasteiger partial charge in [-0.05, 0) is 31.0 Å². The summed E-state index contributed by atoms with van der Waals surface area (Å²) in [6.45, 7) is 0. The summed E-state index contributed by atoms with van der Waals surface area (Å²) in [6.07, 6.45) is 6.01. The van der Waals surface area contributed by atoms with E-state index in [-0.39, 0.29) is 5.56 Å². The summed E-state index contributed by atoms with van der Waals surface area (Å²) >= 11 is 0. The minimum absolute atomic E-state index is 0.0760. The monoisotopic (exact) mass is 243 g/mol. The molecule has 0 amide bonds. The Labute approximate surface area is 105 Å². The van der Waals surface area contributed by atoms with E-state index in [1.165, 1.54) is 19.3 Å². The molecule has 1 saturated carbocycles. The highest BCUT2D eigenvalue weighted by Crippen LogP contribution is 2.30. The van der Waals surface area contributed by atoms with Crippen LogP contribution in [-0.2, 0) is 0 Å². The van der Waals surface area contributed by atoms with Gasteiger partial charge in [0.1, 0.15) is 5.82 Å². The molecule has 1 aromatic carbocycles. The lowest BCUT2D eigenvalue weighted by Gasteiger charge is -2.20. The molecule has 0 spiro atoms. The third-order valence-corrected chi connectivity index (χ3v) is 3.74. The van der Waals surface area contributed by atoms with Crippen molar-refractivity contribution in [3.63, 3.8) is 0 Å². The molecule has 3 N–H and O–H groups in total. The number of nitrogens with zero attached hydrogens (tertiary/aromatic N) is 1. The van der Waals surface area contributed by atoms with Crippen molar-refractivity contribution in [1.82, 2.24) is 9.97 Å². The average molecular weight is 243 g/mol. The number of hydrogen-bond acceptors (Lipinski definition) is 3. The van der Waals surface area contributed by atoms with Crippen LogP contribution in [-0.4, -0.2) is 9.97 Å². The lowest BCUT2D eigenvalue weighted by Crippen LogP contribution is -2.16. The van der Waals surface area contributed by atoms with Crippen LogP contribution in [0.2, 0.25) is 0 Å². The first-order valence-corrected chi connectivity index (χ1v) is 6.53. The molecule has 0 aliphatic heterocycles. The molecule has 0 bridgehead atoms. The second-order valence-electron chi connectivity index (χ2n) is 5.06. The Morgan fingerprint density at radius 3 is 2.78 bits per heavy atom. The molecule has 18 heavy (non-hydrogen) atoms. The Hall–Kier alpha value is -1.84. The first kappa shape index (κ1) is 11.3. The van der Waals surface area contributed by atoms with Crippen LogP contribution < -0.4 is 11.3 Å². The van der Waals surface area contributed by atoms with Gasteiger partial charge in [0.15, 0.2) is 0 Å². The highest BCUT2D eigenvalue weighted by Gasteiger charge is 2.18. The fourth-order valence-corrected chi connectivity index (χ4v) is 2.74. The third-order valence-electron chi connectivity index (χ3n) is 3.74. The predicted molar refractivity (Wildman–Crippen MR) is 72.6 cm³/mol. The van der Waals surface area contributed by atoms with Crippen LogP contribution in [0.3, 0.4) is 0 Å². The lowest BCUT2D eigenvalue weighted by molar-refractivity contribution is 0.429. The number of rotatable bonds is 1. The molecule has 4 heteroatoms. The van der Waals surface area contributed by atoms with E-state index in [0.717, 1.165) is 24.2 Å². The third kappa shape index (κ3) is 1.98. The number of hydrogen-bond donors (Lipinski definition) is 2. The van der Waals surface area contributed by atoms with Crippen LogP contribution in [0.5, 0.6) is 0 Å². The Kier molecular flexibility index (Phi) is 2.78. The van der Waals surface area contributed by atoms with Gasteiger partial charge < -0.3 is 10.7 Å². The lowest BCUT2D eigenvalue weighted by atomic mass is 9.88. The Morgan fingerprint density at radius 1 is 1.22 bits per heavy atom. The molecular weight excluding hydrogens is 226 g/mol. The van der Waals surface area contributed by atoms with Crippen LogP contribution >= 0.6 is 0 Å². The number of H-pyrrole nitrogens is 1. The number of nitrogens with two attached hydrogens (primary N) is 1. The van der Waals surface area contributed by atoms with Crippen molar-refractivity contribution in [3.8, 4) is 0 Å². The van der Waals surface area contributed by atoms with Crippen molar-refractivity contribution in [2.45, 2.75) is 38.0 Å².